The van der Waals surface area contributed by atoms with Gasteiger partial charge in [0.25, 0.3) is 0 Å². The number of pyridine rings is 1. The van der Waals surface area contributed by atoms with Crippen LogP contribution < -0.4 is 0 Å². The van der Waals surface area contributed by atoms with E-state index in [0.29, 0.717) is 21.3 Å². The van der Waals surface area contributed by atoms with Gasteiger partial charge in [-0.3, -0.25) is 4.98 Å². The lowest BCUT2D eigenvalue weighted by atomic mass is 10.2. The molecule has 17 heavy (non-hydrogen) atoms. The molecule has 0 aliphatic heterocycles. The summed E-state index contributed by atoms with van der Waals surface area (Å²) in [6.45, 7) is 0. The smallest absolute Gasteiger partial charge is 0.132 e. The highest BCUT2D eigenvalue weighted by molar-refractivity contribution is 6.42. The first kappa shape index (κ1) is 12.1. The molecule has 1 heterocycles. The van der Waals surface area contributed by atoms with Crippen LogP contribution in [0.4, 0.5) is 4.39 Å². The Hall–Kier alpha value is -1.38. The molecule has 0 spiro atoms. The van der Waals surface area contributed by atoms with Crippen molar-refractivity contribution in [1.29, 1.82) is 0 Å². The molecule has 86 valence electrons. The third-order valence-corrected chi connectivity index (χ3v) is 2.90. The van der Waals surface area contributed by atoms with E-state index in [-0.39, 0.29) is 0 Å². The Labute approximate surface area is 109 Å². The van der Waals surface area contributed by atoms with Crippen LogP contribution in [0.3, 0.4) is 0 Å². The molecule has 0 saturated carbocycles. The van der Waals surface area contributed by atoms with Crippen molar-refractivity contribution in [2.45, 2.75) is 0 Å². The van der Waals surface area contributed by atoms with Crippen molar-refractivity contribution in [3.63, 3.8) is 0 Å². The van der Waals surface area contributed by atoms with Gasteiger partial charge in [0.2, 0.25) is 0 Å². The van der Waals surface area contributed by atoms with Crippen LogP contribution in [0.25, 0.3) is 11.9 Å². The number of halogens is 3. The van der Waals surface area contributed by atoms with Gasteiger partial charge in [0.1, 0.15) is 5.83 Å². The molecule has 1 aromatic heterocycles. The molecule has 0 atom stereocenters. The van der Waals surface area contributed by atoms with Gasteiger partial charge < -0.3 is 0 Å². The Morgan fingerprint density at radius 3 is 2.59 bits per heavy atom. The molecule has 0 bridgehead atoms. The van der Waals surface area contributed by atoms with E-state index in [0.717, 1.165) is 0 Å². The van der Waals surface area contributed by atoms with E-state index in [1.165, 1.54) is 12.1 Å². The topological polar surface area (TPSA) is 12.9 Å². The van der Waals surface area contributed by atoms with E-state index in [4.69, 9.17) is 23.2 Å². The van der Waals surface area contributed by atoms with E-state index < -0.39 is 5.83 Å². The Balaban J connectivity index is 2.34. The first-order valence-electron chi connectivity index (χ1n) is 4.90. The highest BCUT2D eigenvalue weighted by atomic mass is 35.5. The number of nitrogens with zero attached hydrogens (tertiary/aromatic N) is 1. The summed E-state index contributed by atoms with van der Waals surface area (Å²) in [5, 5.41) is 0.731. The Morgan fingerprint density at radius 1 is 1.12 bits per heavy atom. The summed E-state index contributed by atoms with van der Waals surface area (Å²) >= 11 is 11.6. The van der Waals surface area contributed by atoms with Crippen molar-refractivity contribution < 1.29 is 4.39 Å². The molecule has 0 radical (unpaired) electrons. The lowest BCUT2D eigenvalue weighted by molar-refractivity contribution is 0.765. The Morgan fingerprint density at radius 2 is 1.94 bits per heavy atom. The van der Waals surface area contributed by atoms with Gasteiger partial charge in [0, 0.05) is 17.8 Å². The van der Waals surface area contributed by atoms with E-state index in [1.54, 1.807) is 36.5 Å². The summed E-state index contributed by atoms with van der Waals surface area (Å²) in [6.07, 6.45) is 2.95. The summed E-state index contributed by atoms with van der Waals surface area (Å²) < 4.78 is 13.9. The van der Waals surface area contributed by atoms with Crippen LogP contribution in [-0.4, -0.2) is 4.98 Å². The molecule has 4 heteroatoms. The summed E-state index contributed by atoms with van der Waals surface area (Å²) in [5.74, 6) is -0.401. The van der Waals surface area contributed by atoms with Crippen LogP contribution in [0.1, 0.15) is 11.3 Å². The highest BCUT2D eigenvalue weighted by Gasteiger charge is 2.04. The summed E-state index contributed by atoms with van der Waals surface area (Å²) in [4.78, 5) is 4.01. The zero-order chi connectivity index (χ0) is 12.3. The predicted molar refractivity (Wildman–Crippen MR) is 69.7 cm³/mol. The maximum atomic E-state index is 13.9. The third-order valence-electron chi connectivity index (χ3n) is 2.16. The minimum atomic E-state index is -0.401. The molecule has 0 unspecified atom stereocenters. The zero-order valence-corrected chi connectivity index (χ0v) is 10.2. The molecule has 2 aromatic rings. The van der Waals surface area contributed by atoms with Gasteiger partial charge >= 0.3 is 0 Å². The quantitative estimate of drug-likeness (QED) is 0.758. The number of hydrogen-bond donors (Lipinski definition) is 0. The lowest BCUT2D eigenvalue weighted by Gasteiger charge is -2.00. The molecular formula is C13H8Cl2FN. The maximum Gasteiger partial charge on any atom is 0.132 e. The third kappa shape index (κ3) is 3.05. The van der Waals surface area contributed by atoms with Gasteiger partial charge in [-0.1, -0.05) is 35.3 Å². The second-order valence-electron chi connectivity index (χ2n) is 3.38. The van der Waals surface area contributed by atoms with E-state index >= 15 is 0 Å². The fourth-order valence-electron chi connectivity index (χ4n) is 1.32. The number of hydrogen-bond acceptors (Lipinski definition) is 1. The molecule has 0 aliphatic carbocycles. The van der Waals surface area contributed by atoms with E-state index in [2.05, 4.69) is 4.98 Å². The SMILES string of the molecule is F/C(=C\c1ccccn1)c1ccc(Cl)c(Cl)c1. The normalized spacial score (nSPS) is 11.6. The van der Waals surface area contributed by atoms with Crippen molar-refractivity contribution in [3.8, 4) is 0 Å². The molecule has 1 aromatic carbocycles. The number of benzene rings is 1. The second-order valence-corrected chi connectivity index (χ2v) is 4.19. The number of aromatic nitrogens is 1. The van der Waals surface area contributed by atoms with Gasteiger partial charge in [-0.05, 0) is 24.3 Å². The zero-order valence-electron chi connectivity index (χ0n) is 8.70. The summed E-state index contributed by atoms with van der Waals surface area (Å²) in [5.41, 5.74) is 0.932. The van der Waals surface area contributed by atoms with Crippen LogP contribution in [0.15, 0.2) is 42.6 Å². The van der Waals surface area contributed by atoms with Gasteiger partial charge in [0.15, 0.2) is 0 Å². The summed E-state index contributed by atoms with van der Waals surface area (Å²) in [7, 11) is 0. The van der Waals surface area contributed by atoms with Crippen molar-refractivity contribution in [1.82, 2.24) is 4.98 Å². The van der Waals surface area contributed by atoms with Crippen molar-refractivity contribution in [2.24, 2.45) is 0 Å². The molecule has 0 fully saturated rings. The first-order valence-corrected chi connectivity index (χ1v) is 5.66. The highest BCUT2D eigenvalue weighted by Crippen LogP contribution is 2.27. The van der Waals surface area contributed by atoms with Crippen LogP contribution in [-0.2, 0) is 0 Å². The first-order chi connectivity index (χ1) is 8.16. The van der Waals surface area contributed by atoms with E-state index in [9.17, 15) is 4.39 Å². The number of rotatable bonds is 2. The van der Waals surface area contributed by atoms with Crippen LogP contribution >= 0.6 is 23.2 Å². The molecular weight excluding hydrogens is 260 g/mol. The minimum Gasteiger partial charge on any atom is -0.257 e. The second kappa shape index (κ2) is 5.30. The van der Waals surface area contributed by atoms with Crippen LogP contribution in [0, 0.1) is 0 Å². The maximum absolute atomic E-state index is 13.9. The minimum absolute atomic E-state index is 0.328. The largest absolute Gasteiger partial charge is 0.257 e. The van der Waals surface area contributed by atoms with Crippen LogP contribution in [0.5, 0.6) is 0 Å². The fraction of sp³-hybridized carbons (Fsp3) is 0. The molecule has 1 nitrogen and oxygen atoms in total. The van der Waals surface area contributed by atoms with Crippen molar-refractivity contribution >= 4 is 35.1 Å². The Kier molecular flexibility index (Phi) is 3.77. The van der Waals surface area contributed by atoms with Gasteiger partial charge in [-0.25, -0.2) is 4.39 Å². The lowest BCUT2D eigenvalue weighted by Crippen LogP contribution is -1.82. The van der Waals surface area contributed by atoms with Crippen LogP contribution in [0.2, 0.25) is 10.0 Å². The van der Waals surface area contributed by atoms with Crippen molar-refractivity contribution in [2.75, 3.05) is 0 Å². The predicted octanol–water partition coefficient (Wildman–Crippen LogP) is 4.86. The standard InChI is InChI=1S/C13H8Cl2FN/c14-11-5-4-9(7-12(11)15)13(16)8-10-3-1-2-6-17-10/h1-8H/b13-8-. The molecule has 0 amide bonds. The van der Waals surface area contributed by atoms with Gasteiger partial charge in [-0.2, -0.15) is 0 Å². The molecule has 0 aliphatic rings. The fourth-order valence-corrected chi connectivity index (χ4v) is 1.62. The average molecular weight is 268 g/mol. The monoisotopic (exact) mass is 267 g/mol. The van der Waals surface area contributed by atoms with E-state index in [1.807, 2.05) is 0 Å². The molecule has 0 saturated heterocycles. The summed E-state index contributed by atoms with van der Waals surface area (Å²) in [6, 6.07) is 9.90. The molecule has 0 N–H and O–H groups in total. The van der Waals surface area contributed by atoms with Gasteiger partial charge in [0.05, 0.1) is 15.7 Å². The average Bonchev–Trinajstić information content (AvgIpc) is 2.34. The molecule has 2 rings (SSSR count). The van der Waals surface area contributed by atoms with Crippen molar-refractivity contribution in [3.05, 3.63) is 63.9 Å². The van der Waals surface area contributed by atoms with Gasteiger partial charge in [-0.15, -0.1) is 0 Å². The Bertz CT molecular complexity index is 553.